The van der Waals surface area contributed by atoms with Gasteiger partial charge in [0.15, 0.2) is 0 Å². The number of aryl methyl sites for hydroxylation is 1. The van der Waals surface area contributed by atoms with Crippen molar-refractivity contribution in [3.63, 3.8) is 0 Å². The molecule has 0 saturated heterocycles. The van der Waals surface area contributed by atoms with Gasteiger partial charge in [-0.15, -0.1) is 0 Å². The van der Waals surface area contributed by atoms with Crippen molar-refractivity contribution >= 4 is 69.1 Å². The zero-order valence-electron chi connectivity index (χ0n) is 26.2. The summed E-state index contributed by atoms with van der Waals surface area (Å²) < 4.78 is 12.4. The van der Waals surface area contributed by atoms with E-state index in [1.807, 2.05) is 13.0 Å². The molecule has 0 spiro atoms. The Hall–Kier alpha value is -5.65. The lowest BCUT2D eigenvalue weighted by molar-refractivity contribution is -0.112. The lowest BCUT2D eigenvalue weighted by Gasteiger charge is -2.18. The summed E-state index contributed by atoms with van der Waals surface area (Å²) in [6.45, 7) is 8.92. The molecule has 2 heterocycles. The van der Waals surface area contributed by atoms with Crippen LogP contribution in [0.25, 0.3) is 22.2 Å². The van der Waals surface area contributed by atoms with Gasteiger partial charge in [0.05, 0.1) is 47.7 Å². The van der Waals surface area contributed by atoms with Gasteiger partial charge in [-0.05, 0) is 54.5 Å². The second-order valence-electron chi connectivity index (χ2n) is 10.4. The molecule has 0 aliphatic heterocycles. The predicted octanol–water partition coefficient (Wildman–Crippen LogP) is 7.13. The number of pyridine rings is 1. The highest BCUT2D eigenvalue weighted by atomic mass is 35.5. The SMILES string of the molecule is C=CC(=O)Nc1ccc(Cn2c(=O)c(-c3c(Cl)c(OC)cc(OC)c3Cl)cc3cnc(Nc4ccccc4NC(=O)C=C)nc32)cc1C. The van der Waals surface area contributed by atoms with Gasteiger partial charge in [-0.25, -0.2) is 4.98 Å². The third-order valence-electron chi connectivity index (χ3n) is 7.36. The normalized spacial score (nSPS) is 10.7. The Labute approximate surface area is 285 Å². The van der Waals surface area contributed by atoms with Crippen molar-refractivity contribution in [3.05, 3.63) is 118 Å². The highest BCUT2D eigenvalue weighted by Gasteiger charge is 2.23. The maximum atomic E-state index is 14.5. The van der Waals surface area contributed by atoms with Gasteiger partial charge < -0.3 is 25.4 Å². The summed E-state index contributed by atoms with van der Waals surface area (Å²) >= 11 is 13.5. The van der Waals surface area contributed by atoms with E-state index in [0.717, 1.165) is 17.2 Å². The summed E-state index contributed by atoms with van der Waals surface area (Å²) in [6, 6.07) is 15.6. The molecule has 3 aromatic carbocycles. The van der Waals surface area contributed by atoms with Crippen molar-refractivity contribution in [2.75, 3.05) is 30.2 Å². The number of methoxy groups -OCH3 is 2. The number of rotatable bonds is 11. The molecule has 48 heavy (non-hydrogen) atoms. The first-order chi connectivity index (χ1) is 23.1. The van der Waals surface area contributed by atoms with E-state index in [1.165, 1.54) is 24.9 Å². The number of aromatic nitrogens is 3. The van der Waals surface area contributed by atoms with E-state index in [-0.39, 0.29) is 57.0 Å². The van der Waals surface area contributed by atoms with E-state index in [9.17, 15) is 14.4 Å². The van der Waals surface area contributed by atoms with Gasteiger partial charge in [-0.1, -0.05) is 60.6 Å². The Morgan fingerprint density at radius 3 is 2.12 bits per heavy atom. The van der Waals surface area contributed by atoms with Crippen LogP contribution in [0.4, 0.5) is 23.0 Å². The number of ether oxygens (including phenoxy) is 2. The summed E-state index contributed by atoms with van der Waals surface area (Å²) in [5.41, 5.74) is 3.37. The highest BCUT2D eigenvalue weighted by Crippen LogP contribution is 2.45. The van der Waals surface area contributed by atoms with Crippen molar-refractivity contribution in [2.24, 2.45) is 0 Å². The average Bonchev–Trinajstić information content (AvgIpc) is 3.08. The van der Waals surface area contributed by atoms with E-state index in [0.29, 0.717) is 28.1 Å². The highest BCUT2D eigenvalue weighted by molar-refractivity contribution is 6.41. The number of anilines is 4. The Kier molecular flexibility index (Phi) is 10.1. The minimum absolute atomic E-state index is 0.0818. The van der Waals surface area contributed by atoms with Gasteiger partial charge in [-0.3, -0.25) is 19.0 Å². The van der Waals surface area contributed by atoms with Crippen LogP contribution in [0.15, 0.2) is 90.9 Å². The summed E-state index contributed by atoms with van der Waals surface area (Å²) in [5, 5.41) is 9.40. The van der Waals surface area contributed by atoms with Crippen molar-refractivity contribution in [2.45, 2.75) is 13.5 Å². The standard InChI is InChI=1S/C35H30Cl2N6O5/c1-6-28(44)39-23-13-12-20(14-19(23)3)18-43-33-21(15-22(34(43)46)30-31(36)26(47-4)16-27(48-5)32(30)37)17-38-35(42-33)41-25-11-9-8-10-24(25)40-29(45)7-2/h6-17H,1-2,18H2,3-5H3,(H,39,44)(H,40,45)(H,38,41,42). The van der Waals surface area contributed by atoms with E-state index in [2.05, 4.69) is 34.1 Å². The summed E-state index contributed by atoms with van der Waals surface area (Å²) in [5.74, 6) is -0.0245. The van der Waals surface area contributed by atoms with Crippen molar-refractivity contribution < 1.29 is 19.1 Å². The lowest BCUT2D eigenvalue weighted by Crippen LogP contribution is -2.24. The Morgan fingerprint density at radius 2 is 1.52 bits per heavy atom. The zero-order chi connectivity index (χ0) is 34.5. The molecule has 5 rings (SSSR count). The van der Waals surface area contributed by atoms with Gasteiger partial charge >= 0.3 is 0 Å². The van der Waals surface area contributed by atoms with Crippen LogP contribution in [0.1, 0.15) is 11.1 Å². The van der Waals surface area contributed by atoms with Crippen molar-refractivity contribution in [1.29, 1.82) is 0 Å². The molecule has 13 heteroatoms. The minimum atomic E-state index is -0.452. The molecule has 2 aromatic heterocycles. The molecule has 0 aliphatic rings. The molecule has 0 radical (unpaired) electrons. The molecule has 0 atom stereocenters. The van der Waals surface area contributed by atoms with Crippen molar-refractivity contribution in [1.82, 2.24) is 14.5 Å². The van der Waals surface area contributed by atoms with Gasteiger partial charge in [0.25, 0.3) is 5.56 Å². The first-order valence-electron chi connectivity index (χ1n) is 14.4. The molecular weight excluding hydrogens is 655 g/mol. The van der Waals surface area contributed by atoms with Crippen LogP contribution < -0.4 is 31.0 Å². The number of halogens is 2. The first kappa shape index (κ1) is 33.7. The van der Waals surface area contributed by atoms with Crippen LogP contribution in [0, 0.1) is 6.92 Å². The number of hydrogen-bond donors (Lipinski definition) is 3. The number of hydrogen-bond acceptors (Lipinski definition) is 8. The van der Waals surface area contributed by atoms with Crippen LogP contribution in [-0.2, 0) is 16.1 Å². The lowest BCUT2D eigenvalue weighted by atomic mass is 10.0. The van der Waals surface area contributed by atoms with Crippen LogP contribution in [-0.4, -0.2) is 40.6 Å². The predicted molar refractivity (Wildman–Crippen MR) is 190 cm³/mol. The van der Waals surface area contributed by atoms with Crippen LogP contribution >= 0.6 is 23.2 Å². The number of amides is 2. The number of para-hydroxylation sites is 2. The topological polar surface area (TPSA) is 136 Å². The van der Waals surface area contributed by atoms with Crippen LogP contribution in [0.2, 0.25) is 10.0 Å². The molecule has 0 unspecified atom stereocenters. The third kappa shape index (κ3) is 6.87. The Bertz CT molecular complexity index is 2140. The van der Waals surface area contributed by atoms with Gasteiger partial charge in [0, 0.05) is 28.9 Å². The summed E-state index contributed by atoms with van der Waals surface area (Å²) in [6.07, 6.45) is 3.91. The monoisotopic (exact) mass is 684 g/mol. The molecular formula is C35H30Cl2N6O5. The quantitative estimate of drug-likeness (QED) is 0.125. The van der Waals surface area contributed by atoms with Crippen LogP contribution in [0.3, 0.4) is 0 Å². The molecule has 0 saturated carbocycles. The molecule has 0 fully saturated rings. The van der Waals surface area contributed by atoms with E-state index in [1.54, 1.807) is 54.7 Å². The molecule has 244 valence electrons. The maximum absolute atomic E-state index is 14.5. The molecule has 5 aromatic rings. The van der Waals surface area contributed by atoms with Crippen molar-refractivity contribution in [3.8, 4) is 22.6 Å². The molecule has 3 N–H and O–H groups in total. The van der Waals surface area contributed by atoms with Gasteiger partial charge in [0.1, 0.15) is 17.1 Å². The Balaban J connectivity index is 1.70. The first-order valence-corrected chi connectivity index (χ1v) is 15.2. The summed E-state index contributed by atoms with van der Waals surface area (Å²) in [7, 11) is 2.90. The smallest absolute Gasteiger partial charge is 0.260 e. The number of carbonyl (C=O) groups excluding carboxylic acids is 2. The molecule has 0 bridgehead atoms. The number of nitrogens with zero attached hydrogens (tertiary/aromatic N) is 3. The fourth-order valence-electron chi connectivity index (χ4n) is 5.00. The molecule has 0 aliphatic carbocycles. The largest absolute Gasteiger partial charge is 0.495 e. The van der Waals surface area contributed by atoms with Crippen LogP contribution in [0.5, 0.6) is 11.5 Å². The number of nitrogens with one attached hydrogen (secondary N) is 3. The number of fused-ring (bicyclic) bond motifs is 1. The van der Waals surface area contributed by atoms with E-state index < -0.39 is 5.56 Å². The second kappa shape index (κ2) is 14.4. The minimum Gasteiger partial charge on any atom is -0.495 e. The molecule has 11 nitrogen and oxygen atoms in total. The number of carbonyl (C=O) groups is 2. The summed E-state index contributed by atoms with van der Waals surface area (Å²) in [4.78, 5) is 47.6. The zero-order valence-corrected chi connectivity index (χ0v) is 27.7. The fourth-order valence-corrected chi connectivity index (χ4v) is 5.71. The average molecular weight is 686 g/mol. The maximum Gasteiger partial charge on any atom is 0.260 e. The van der Waals surface area contributed by atoms with Gasteiger partial charge in [-0.2, -0.15) is 4.98 Å². The molecule has 2 amide bonds. The van der Waals surface area contributed by atoms with Gasteiger partial charge in [0.2, 0.25) is 17.8 Å². The fraction of sp³-hybridized carbons (Fsp3) is 0.114. The Morgan fingerprint density at radius 1 is 0.896 bits per heavy atom. The second-order valence-corrected chi connectivity index (χ2v) is 11.2. The number of benzene rings is 3. The third-order valence-corrected chi connectivity index (χ3v) is 8.11. The van der Waals surface area contributed by atoms with E-state index in [4.69, 9.17) is 37.7 Å². The van der Waals surface area contributed by atoms with E-state index >= 15 is 0 Å².